The van der Waals surface area contributed by atoms with Crippen molar-refractivity contribution in [3.63, 3.8) is 0 Å². The summed E-state index contributed by atoms with van der Waals surface area (Å²) in [6.45, 7) is 11.0. The molecule has 0 aromatic carbocycles. The summed E-state index contributed by atoms with van der Waals surface area (Å²) in [5, 5.41) is 0. The van der Waals surface area contributed by atoms with Crippen LogP contribution in [0.4, 0.5) is 4.39 Å². The van der Waals surface area contributed by atoms with Gasteiger partial charge >= 0.3 is 0 Å². The fraction of sp³-hybridized carbons (Fsp3) is 0.688. The standard InChI is InChI=1S/C16H27FN4/c1-3-6-20-7-9-21(10-8-20)12-13(2)16(18)15-5-4-14(17)11-19-15/h4-5,11,13,16H,3,6-10,12,18H2,1-2H3. The van der Waals surface area contributed by atoms with Crippen LogP contribution >= 0.6 is 0 Å². The number of nitrogens with two attached hydrogens (primary N) is 1. The summed E-state index contributed by atoms with van der Waals surface area (Å²) in [6.07, 6.45) is 2.46. The summed E-state index contributed by atoms with van der Waals surface area (Å²) in [5.74, 6) is -0.00802. The van der Waals surface area contributed by atoms with Crippen molar-refractivity contribution in [2.75, 3.05) is 39.3 Å². The van der Waals surface area contributed by atoms with E-state index in [1.54, 1.807) is 6.07 Å². The van der Waals surface area contributed by atoms with Crippen molar-refractivity contribution in [2.45, 2.75) is 26.3 Å². The minimum Gasteiger partial charge on any atom is -0.322 e. The molecule has 1 fully saturated rings. The lowest BCUT2D eigenvalue weighted by Gasteiger charge is -2.36. The predicted molar refractivity (Wildman–Crippen MR) is 83.5 cm³/mol. The molecule has 1 aliphatic heterocycles. The molecule has 0 saturated carbocycles. The molecule has 1 saturated heterocycles. The maximum absolute atomic E-state index is 12.9. The van der Waals surface area contributed by atoms with E-state index in [1.807, 2.05) is 0 Å². The van der Waals surface area contributed by atoms with Gasteiger partial charge in [-0.15, -0.1) is 0 Å². The molecule has 1 aromatic rings. The highest BCUT2D eigenvalue weighted by Crippen LogP contribution is 2.19. The first-order valence-corrected chi connectivity index (χ1v) is 7.92. The third-order valence-electron chi connectivity index (χ3n) is 4.26. The van der Waals surface area contributed by atoms with E-state index in [4.69, 9.17) is 5.73 Å². The lowest BCUT2D eigenvalue weighted by atomic mass is 9.98. The maximum Gasteiger partial charge on any atom is 0.141 e. The van der Waals surface area contributed by atoms with E-state index in [2.05, 4.69) is 28.6 Å². The van der Waals surface area contributed by atoms with Crippen LogP contribution in [-0.4, -0.2) is 54.1 Å². The predicted octanol–water partition coefficient (Wildman–Crippen LogP) is 1.88. The lowest BCUT2D eigenvalue weighted by molar-refractivity contribution is 0.115. The van der Waals surface area contributed by atoms with Crippen molar-refractivity contribution in [1.82, 2.24) is 14.8 Å². The molecule has 2 atom stereocenters. The van der Waals surface area contributed by atoms with Crippen LogP contribution < -0.4 is 5.73 Å². The molecule has 4 nitrogen and oxygen atoms in total. The second-order valence-corrected chi connectivity index (χ2v) is 6.05. The summed E-state index contributed by atoms with van der Waals surface area (Å²) in [6, 6.07) is 2.98. The SMILES string of the molecule is CCCN1CCN(CC(C)C(N)c2ccc(F)cn2)CC1. The summed E-state index contributed by atoms with van der Waals surface area (Å²) < 4.78 is 12.9. The van der Waals surface area contributed by atoms with Crippen molar-refractivity contribution in [3.8, 4) is 0 Å². The van der Waals surface area contributed by atoms with Gasteiger partial charge in [0.25, 0.3) is 0 Å². The number of halogens is 1. The third kappa shape index (κ3) is 4.73. The van der Waals surface area contributed by atoms with Crippen LogP contribution in [0.3, 0.4) is 0 Å². The van der Waals surface area contributed by atoms with E-state index in [0.717, 1.165) is 38.4 Å². The van der Waals surface area contributed by atoms with Crippen molar-refractivity contribution in [3.05, 3.63) is 29.8 Å². The molecule has 0 bridgehead atoms. The van der Waals surface area contributed by atoms with Crippen LogP contribution in [0.25, 0.3) is 0 Å². The number of nitrogens with zero attached hydrogens (tertiary/aromatic N) is 3. The summed E-state index contributed by atoms with van der Waals surface area (Å²) in [7, 11) is 0. The molecule has 5 heteroatoms. The van der Waals surface area contributed by atoms with Crippen LogP contribution in [0, 0.1) is 11.7 Å². The first-order valence-electron chi connectivity index (χ1n) is 7.92. The van der Waals surface area contributed by atoms with Gasteiger partial charge in [0.2, 0.25) is 0 Å². The van der Waals surface area contributed by atoms with E-state index in [-0.39, 0.29) is 11.9 Å². The Balaban J connectivity index is 1.81. The molecule has 118 valence electrons. The second-order valence-electron chi connectivity index (χ2n) is 6.05. The number of aromatic nitrogens is 1. The van der Waals surface area contributed by atoms with Crippen molar-refractivity contribution < 1.29 is 4.39 Å². The van der Waals surface area contributed by atoms with Gasteiger partial charge in [-0.25, -0.2) is 4.39 Å². The Morgan fingerprint density at radius 3 is 2.48 bits per heavy atom. The molecule has 0 aliphatic carbocycles. The van der Waals surface area contributed by atoms with E-state index in [9.17, 15) is 4.39 Å². The number of pyridine rings is 1. The van der Waals surface area contributed by atoms with Crippen molar-refractivity contribution in [1.29, 1.82) is 0 Å². The average Bonchev–Trinajstić information content (AvgIpc) is 2.49. The Morgan fingerprint density at radius 1 is 1.24 bits per heavy atom. The molecule has 0 spiro atoms. The smallest absolute Gasteiger partial charge is 0.141 e. The lowest BCUT2D eigenvalue weighted by Crippen LogP contribution is -2.48. The summed E-state index contributed by atoms with van der Waals surface area (Å²) >= 11 is 0. The first-order chi connectivity index (χ1) is 10.1. The Labute approximate surface area is 127 Å². The first kappa shape index (κ1) is 16.3. The average molecular weight is 294 g/mol. The Morgan fingerprint density at radius 2 is 1.90 bits per heavy atom. The van der Waals surface area contributed by atoms with Gasteiger partial charge in [-0.05, 0) is 31.0 Å². The number of hydrogen-bond donors (Lipinski definition) is 1. The Hall–Kier alpha value is -1.04. The highest BCUT2D eigenvalue weighted by Gasteiger charge is 2.22. The third-order valence-corrected chi connectivity index (χ3v) is 4.26. The largest absolute Gasteiger partial charge is 0.322 e. The highest BCUT2D eigenvalue weighted by molar-refractivity contribution is 5.10. The topological polar surface area (TPSA) is 45.4 Å². The molecule has 1 aliphatic rings. The highest BCUT2D eigenvalue weighted by atomic mass is 19.1. The summed E-state index contributed by atoms with van der Waals surface area (Å²) in [4.78, 5) is 9.09. The summed E-state index contributed by atoms with van der Waals surface area (Å²) in [5.41, 5.74) is 7.03. The number of piperazine rings is 1. The number of rotatable bonds is 6. The van der Waals surface area contributed by atoms with Gasteiger partial charge in [0.1, 0.15) is 5.82 Å². The van der Waals surface area contributed by atoms with Crippen molar-refractivity contribution in [2.24, 2.45) is 11.7 Å². The molecule has 2 unspecified atom stereocenters. The molecule has 21 heavy (non-hydrogen) atoms. The van der Waals surface area contributed by atoms with Gasteiger partial charge in [0.15, 0.2) is 0 Å². The Bertz CT molecular complexity index is 415. The van der Waals surface area contributed by atoms with Crippen LogP contribution in [0.5, 0.6) is 0 Å². The van der Waals surface area contributed by atoms with Gasteiger partial charge in [-0.3, -0.25) is 4.98 Å². The monoisotopic (exact) mass is 294 g/mol. The maximum atomic E-state index is 12.9. The zero-order valence-electron chi connectivity index (χ0n) is 13.1. The van der Waals surface area contributed by atoms with Crippen molar-refractivity contribution >= 4 is 0 Å². The Kier molecular flexibility index (Phi) is 6.08. The van der Waals surface area contributed by atoms with Gasteiger partial charge in [-0.2, -0.15) is 0 Å². The quantitative estimate of drug-likeness (QED) is 0.870. The molecule has 2 N–H and O–H groups in total. The normalized spacial score (nSPS) is 20.4. The van der Waals surface area contributed by atoms with Crippen LogP contribution in [0.2, 0.25) is 0 Å². The fourth-order valence-electron chi connectivity index (χ4n) is 2.91. The molecule has 0 radical (unpaired) electrons. The van der Waals surface area contributed by atoms with E-state index in [0.29, 0.717) is 5.92 Å². The minimum absolute atomic E-state index is 0.140. The van der Waals surface area contributed by atoms with Gasteiger partial charge in [-0.1, -0.05) is 13.8 Å². The van der Waals surface area contributed by atoms with Crippen LogP contribution in [0.1, 0.15) is 32.0 Å². The van der Waals surface area contributed by atoms with E-state index < -0.39 is 0 Å². The molecular formula is C16H27FN4. The van der Waals surface area contributed by atoms with Crippen LogP contribution in [0.15, 0.2) is 18.3 Å². The van der Waals surface area contributed by atoms with E-state index in [1.165, 1.54) is 25.2 Å². The molecule has 1 aromatic heterocycles. The molecule has 2 heterocycles. The van der Waals surface area contributed by atoms with Gasteiger partial charge in [0, 0.05) is 32.7 Å². The molecule has 0 amide bonds. The van der Waals surface area contributed by atoms with E-state index >= 15 is 0 Å². The minimum atomic E-state index is -0.314. The van der Waals surface area contributed by atoms with Gasteiger partial charge < -0.3 is 15.5 Å². The number of hydrogen-bond acceptors (Lipinski definition) is 4. The fourth-order valence-corrected chi connectivity index (χ4v) is 2.91. The van der Waals surface area contributed by atoms with Crippen LogP contribution in [-0.2, 0) is 0 Å². The second kappa shape index (κ2) is 7.82. The van der Waals surface area contributed by atoms with Gasteiger partial charge in [0.05, 0.1) is 17.9 Å². The molecule has 2 rings (SSSR count). The zero-order chi connectivity index (χ0) is 15.2. The zero-order valence-corrected chi connectivity index (χ0v) is 13.1. The molecular weight excluding hydrogens is 267 g/mol.